The van der Waals surface area contributed by atoms with Crippen molar-refractivity contribution >= 4 is 17.5 Å². The van der Waals surface area contributed by atoms with Gasteiger partial charge < -0.3 is 10.6 Å². The number of rotatable bonds is 7. The van der Waals surface area contributed by atoms with E-state index in [0.717, 1.165) is 16.8 Å². The quantitative estimate of drug-likeness (QED) is 0.737. The van der Waals surface area contributed by atoms with Gasteiger partial charge in [0.05, 0.1) is 18.0 Å². The maximum Gasteiger partial charge on any atom is 0.228 e. The number of nitrogens with zero attached hydrogens (tertiary/aromatic N) is 1. The molecule has 0 aromatic heterocycles. The average molecular weight is 361 g/mol. The summed E-state index contributed by atoms with van der Waals surface area (Å²) >= 11 is 0. The minimum atomic E-state index is -0.365. The highest BCUT2D eigenvalue weighted by molar-refractivity contribution is 5.98. The van der Waals surface area contributed by atoms with Crippen molar-refractivity contribution in [3.05, 3.63) is 65.7 Å². The zero-order valence-electron chi connectivity index (χ0n) is 15.2. The standard InChI is InChI=1S/C22H23N3O2/c23-13-7-6-12-19(16-8-2-1-3-9-16)24-21(26)15-18-14-17-10-4-5-11-20(17)25-22(18)27/h1-5,8-11,18-19H,6-7,12,14-15H2,(H,24,26)(H,25,27). The molecule has 0 bridgehead atoms. The second kappa shape index (κ2) is 9.00. The minimum absolute atomic E-state index is 0.107. The van der Waals surface area contributed by atoms with Crippen molar-refractivity contribution in [2.45, 2.75) is 38.1 Å². The molecule has 0 aliphatic carbocycles. The van der Waals surface area contributed by atoms with Gasteiger partial charge in [-0.05, 0) is 36.5 Å². The van der Waals surface area contributed by atoms with Gasteiger partial charge in [0.1, 0.15) is 0 Å². The van der Waals surface area contributed by atoms with Crippen molar-refractivity contribution in [3.8, 4) is 6.07 Å². The number of carbonyl (C=O) groups is 2. The monoisotopic (exact) mass is 361 g/mol. The Kier molecular flexibility index (Phi) is 6.22. The molecule has 27 heavy (non-hydrogen) atoms. The first kappa shape index (κ1) is 18.7. The first-order valence-corrected chi connectivity index (χ1v) is 9.27. The molecule has 2 unspecified atom stereocenters. The van der Waals surface area contributed by atoms with E-state index in [2.05, 4.69) is 16.7 Å². The molecule has 0 saturated carbocycles. The highest BCUT2D eigenvalue weighted by Crippen LogP contribution is 2.27. The Labute approximate surface area is 159 Å². The third-order valence-electron chi connectivity index (χ3n) is 4.86. The molecule has 138 valence electrons. The van der Waals surface area contributed by atoms with Gasteiger partial charge in [-0.3, -0.25) is 9.59 Å². The number of anilines is 1. The number of para-hydroxylation sites is 1. The maximum absolute atomic E-state index is 12.6. The van der Waals surface area contributed by atoms with Gasteiger partial charge in [0.2, 0.25) is 11.8 Å². The number of fused-ring (bicyclic) bond motifs is 1. The molecule has 2 aromatic rings. The lowest BCUT2D eigenvalue weighted by Gasteiger charge is -2.25. The predicted octanol–water partition coefficient (Wildman–Crippen LogP) is 3.74. The second-order valence-corrected chi connectivity index (χ2v) is 6.83. The Morgan fingerprint density at radius 3 is 2.70 bits per heavy atom. The van der Waals surface area contributed by atoms with Crippen molar-refractivity contribution in [3.63, 3.8) is 0 Å². The van der Waals surface area contributed by atoms with E-state index in [1.54, 1.807) is 0 Å². The van der Waals surface area contributed by atoms with Gasteiger partial charge in [-0.15, -0.1) is 0 Å². The molecule has 2 amide bonds. The molecule has 0 fully saturated rings. The highest BCUT2D eigenvalue weighted by atomic mass is 16.2. The van der Waals surface area contributed by atoms with Crippen molar-refractivity contribution in [2.24, 2.45) is 5.92 Å². The smallest absolute Gasteiger partial charge is 0.228 e. The van der Waals surface area contributed by atoms with Crippen LogP contribution in [0.4, 0.5) is 5.69 Å². The number of benzene rings is 2. The van der Waals surface area contributed by atoms with E-state index in [-0.39, 0.29) is 30.2 Å². The van der Waals surface area contributed by atoms with Crippen molar-refractivity contribution in [1.82, 2.24) is 5.32 Å². The molecule has 1 heterocycles. The van der Waals surface area contributed by atoms with E-state index < -0.39 is 0 Å². The van der Waals surface area contributed by atoms with E-state index in [1.165, 1.54) is 0 Å². The number of unbranched alkanes of at least 4 members (excludes halogenated alkanes) is 1. The molecule has 1 aliphatic heterocycles. The van der Waals surface area contributed by atoms with Crippen LogP contribution >= 0.6 is 0 Å². The summed E-state index contributed by atoms with van der Waals surface area (Å²) in [5.41, 5.74) is 2.91. The zero-order chi connectivity index (χ0) is 19.1. The first-order valence-electron chi connectivity index (χ1n) is 9.27. The fourth-order valence-corrected chi connectivity index (χ4v) is 3.45. The normalized spacial score (nSPS) is 16.6. The van der Waals surface area contributed by atoms with Gasteiger partial charge in [-0.2, -0.15) is 5.26 Å². The van der Waals surface area contributed by atoms with E-state index in [4.69, 9.17) is 5.26 Å². The van der Waals surface area contributed by atoms with Crippen LogP contribution in [0.5, 0.6) is 0 Å². The van der Waals surface area contributed by atoms with Crippen LogP contribution in [0, 0.1) is 17.2 Å². The molecule has 2 N–H and O–H groups in total. The van der Waals surface area contributed by atoms with E-state index >= 15 is 0 Å². The Morgan fingerprint density at radius 1 is 1.19 bits per heavy atom. The third-order valence-corrected chi connectivity index (χ3v) is 4.86. The summed E-state index contributed by atoms with van der Waals surface area (Å²) in [6, 6.07) is 19.4. The lowest BCUT2D eigenvalue weighted by atomic mass is 9.90. The molecule has 3 rings (SSSR count). The highest BCUT2D eigenvalue weighted by Gasteiger charge is 2.28. The van der Waals surface area contributed by atoms with Crippen LogP contribution in [-0.4, -0.2) is 11.8 Å². The molecule has 5 heteroatoms. The lowest BCUT2D eigenvalue weighted by Crippen LogP contribution is -2.36. The molecule has 2 aromatic carbocycles. The number of nitriles is 1. The van der Waals surface area contributed by atoms with Crippen LogP contribution in [0.25, 0.3) is 0 Å². The summed E-state index contributed by atoms with van der Waals surface area (Å²) < 4.78 is 0. The molecule has 0 radical (unpaired) electrons. The number of nitrogens with one attached hydrogen (secondary N) is 2. The molecular formula is C22H23N3O2. The third kappa shape index (κ3) is 4.95. The van der Waals surface area contributed by atoms with Gasteiger partial charge >= 0.3 is 0 Å². The van der Waals surface area contributed by atoms with E-state index in [9.17, 15) is 9.59 Å². The Balaban J connectivity index is 1.64. The molecule has 0 spiro atoms. The molecule has 1 aliphatic rings. The Morgan fingerprint density at radius 2 is 1.93 bits per heavy atom. The SMILES string of the molecule is N#CCCCC(NC(=O)CC1Cc2ccccc2NC1=O)c1ccccc1. The second-order valence-electron chi connectivity index (χ2n) is 6.83. The minimum Gasteiger partial charge on any atom is -0.349 e. The van der Waals surface area contributed by atoms with E-state index in [1.807, 2.05) is 54.6 Å². The van der Waals surface area contributed by atoms with Crippen molar-refractivity contribution < 1.29 is 9.59 Å². The Hall–Kier alpha value is -3.13. The topological polar surface area (TPSA) is 82.0 Å². The Bertz CT molecular complexity index is 842. The predicted molar refractivity (Wildman–Crippen MR) is 104 cm³/mol. The van der Waals surface area contributed by atoms with E-state index in [0.29, 0.717) is 25.7 Å². The summed E-state index contributed by atoms with van der Waals surface area (Å²) in [7, 11) is 0. The van der Waals surface area contributed by atoms with Crippen LogP contribution in [0.2, 0.25) is 0 Å². The molecule has 0 saturated heterocycles. The molecular weight excluding hydrogens is 338 g/mol. The van der Waals surface area contributed by atoms with Crippen molar-refractivity contribution in [1.29, 1.82) is 5.26 Å². The molecule has 5 nitrogen and oxygen atoms in total. The number of amides is 2. The van der Waals surface area contributed by atoms with Crippen molar-refractivity contribution in [2.75, 3.05) is 5.32 Å². The van der Waals surface area contributed by atoms with Crippen LogP contribution in [0.15, 0.2) is 54.6 Å². The first-order chi connectivity index (χ1) is 13.2. The van der Waals surface area contributed by atoms with Gasteiger partial charge in [-0.1, -0.05) is 48.5 Å². The number of carbonyl (C=O) groups excluding carboxylic acids is 2. The van der Waals surface area contributed by atoms with Gasteiger partial charge in [0, 0.05) is 18.5 Å². The van der Waals surface area contributed by atoms with Crippen LogP contribution < -0.4 is 10.6 Å². The number of hydrogen-bond acceptors (Lipinski definition) is 3. The summed E-state index contributed by atoms with van der Waals surface area (Å²) in [6.07, 6.45) is 2.60. The van der Waals surface area contributed by atoms with Crippen LogP contribution in [0.3, 0.4) is 0 Å². The van der Waals surface area contributed by atoms with Crippen LogP contribution in [0.1, 0.15) is 42.9 Å². The largest absolute Gasteiger partial charge is 0.349 e. The molecule has 2 atom stereocenters. The fourth-order valence-electron chi connectivity index (χ4n) is 3.45. The van der Waals surface area contributed by atoms with Gasteiger partial charge in [0.15, 0.2) is 0 Å². The summed E-state index contributed by atoms with van der Waals surface area (Å²) in [5, 5.41) is 14.7. The lowest BCUT2D eigenvalue weighted by molar-refractivity contribution is -0.128. The summed E-state index contributed by atoms with van der Waals surface area (Å²) in [4.78, 5) is 25.0. The maximum atomic E-state index is 12.6. The zero-order valence-corrected chi connectivity index (χ0v) is 15.2. The summed E-state index contributed by atoms with van der Waals surface area (Å²) in [6.45, 7) is 0. The summed E-state index contributed by atoms with van der Waals surface area (Å²) in [5.74, 6) is -0.611. The fraction of sp³-hybridized carbons (Fsp3) is 0.318. The average Bonchev–Trinajstić information content (AvgIpc) is 2.68. The number of hydrogen-bond donors (Lipinski definition) is 2. The van der Waals surface area contributed by atoms with Crippen LogP contribution in [-0.2, 0) is 16.0 Å². The van der Waals surface area contributed by atoms with Gasteiger partial charge in [0.25, 0.3) is 0 Å². The van der Waals surface area contributed by atoms with Gasteiger partial charge in [-0.25, -0.2) is 0 Å².